The van der Waals surface area contributed by atoms with E-state index in [0.29, 0.717) is 22.4 Å². The molecule has 29 heavy (non-hydrogen) atoms. The van der Waals surface area contributed by atoms with Crippen molar-refractivity contribution in [3.8, 4) is 11.5 Å². The van der Waals surface area contributed by atoms with Crippen molar-refractivity contribution in [2.75, 3.05) is 11.9 Å². The first kappa shape index (κ1) is 20.9. The molecule has 1 aromatic carbocycles. The quantitative estimate of drug-likeness (QED) is 0.721. The van der Waals surface area contributed by atoms with Gasteiger partial charge in [0.15, 0.2) is 6.23 Å². The fourth-order valence-corrected chi connectivity index (χ4v) is 2.90. The van der Waals surface area contributed by atoms with Gasteiger partial charge in [-0.15, -0.1) is 0 Å². The van der Waals surface area contributed by atoms with Gasteiger partial charge in [0.05, 0.1) is 16.4 Å². The Kier molecular flexibility index (Phi) is 5.42. The van der Waals surface area contributed by atoms with Crippen LogP contribution in [0.3, 0.4) is 0 Å². The molecule has 0 saturated carbocycles. The topological polar surface area (TPSA) is 65.9 Å². The van der Waals surface area contributed by atoms with E-state index < -0.39 is 35.6 Å². The van der Waals surface area contributed by atoms with Crippen LogP contribution in [0.2, 0.25) is 5.02 Å². The highest BCUT2D eigenvalue weighted by atomic mass is 35.5. The van der Waals surface area contributed by atoms with Gasteiger partial charge in [0.25, 0.3) is 0 Å². The van der Waals surface area contributed by atoms with Gasteiger partial charge in [-0.1, -0.05) is 11.6 Å². The average Bonchev–Trinajstić information content (AvgIpc) is 2.62. The zero-order valence-corrected chi connectivity index (χ0v) is 15.8. The molecule has 3 rings (SSSR count). The molecule has 1 unspecified atom stereocenters. The minimum Gasteiger partial charge on any atom is -0.454 e. The van der Waals surface area contributed by atoms with Crippen LogP contribution < -0.4 is 9.64 Å². The number of aliphatic hydroxyl groups is 1. The number of hydrogen-bond acceptors (Lipinski definition) is 4. The first-order valence-electron chi connectivity index (χ1n) is 8.13. The van der Waals surface area contributed by atoms with E-state index in [2.05, 4.69) is 4.98 Å². The van der Waals surface area contributed by atoms with Gasteiger partial charge in [0, 0.05) is 19.3 Å². The van der Waals surface area contributed by atoms with Crippen LogP contribution in [0.5, 0.6) is 11.5 Å². The van der Waals surface area contributed by atoms with Gasteiger partial charge in [0.2, 0.25) is 0 Å². The molecular weight excluding hydrogens is 418 g/mol. The van der Waals surface area contributed by atoms with Gasteiger partial charge in [-0.25, -0.2) is 9.18 Å². The Balaban J connectivity index is 2.04. The van der Waals surface area contributed by atoms with Gasteiger partial charge in [-0.05, 0) is 31.2 Å². The minimum absolute atomic E-state index is 0.0765. The van der Waals surface area contributed by atoms with Crippen LogP contribution in [-0.4, -0.2) is 40.5 Å². The number of carbonyl (C=O) groups excluding carboxylic acids is 1. The summed E-state index contributed by atoms with van der Waals surface area (Å²) in [5, 5.41) is 9.97. The normalized spacial score (nSPS) is 17.4. The number of nitrogens with zero attached hydrogens (tertiary/aromatic N) is 3. The second-order valence-electron chi connectivity index (χ2n) is 6.10. The summed E-state index contributed by atoms with van der Waals surface area (Å²) < 4.78 is 59.2. The van der Waals surface area contributed by atoms with Crippen LogP contribution in [0, 0.1) is 12.7 Å². The van der Waals surface area contributed by atoms with E-state index in [1.54, 1.807) is 19.1 Å². The summed E-state index contributed by atoms with van der Waals surface area (Å²) in [5.41, 5.74) is -1.36. The fourth-order valence-electron chi connectivity index (χ4n) is 2.71. The number of ether oxygens (including phenoxy) is 1. The van der Waals surface area contributed by atoms with Crippen molar-refractivity contribution >= 4 is 23.3 Å². The van der Waals surface area contributed by atoms with Crippen molar-refractivity contribution in [2.45, 2.75) is 19.3 Å². The maximum atomic E-state index is 14.5. The van der Waals surface area contributed by atoms with Gasteiger partial charge < -0.3 is 9.84 Å². The van der Waals surface area contributed by atoms with E-state index in [0.717, 1.165) is 19.2 Å². The fraction of sp³-hybridized carbons (Fsp3) is 0.222. The average molecular weight is 432 g/mol. The van der Waals surface area contributed by atoms with E-state index in [1.807, 2.05) is 0 Å². The second-order valence-corrected chi connectivity index (χ2v) is 6.51. The largest absolute Gasteiger partial charge is 0.454 e. The van der Waals surface area contributed by atoms with Crippen molar-refractivity contribution in [1.29, 1.82) is 0 Å². The molecule has 1 aliphatic heterocycles. The first-order valence-corrected chi connectivity index (χ1v) is 8.51. The Morgan fingerprint density at radius 2 is 1.97 bits per heavy atom. The highest BCUT2D eigenvalue weighted by molar-refractivity contribution is 6.32. The van der Waals surface area contributed by atoms with Gasteiger partial charge in [0.1, 0.15) is 23.0 Å². The number of benzene rings is 1. The molecule has 0 fully saturated rings. The summed E-state index contributed by atoms with van der Waals surface area (Å²) >= 11 is 6.00. The first-order chi connectivity index (χ1) is 13.5. The number of aromatic nitrogens is 1. The number of carbonyl (C=O) groups is 1. The van der Waals surface area contributed by atoms with Crippen molar-refractivity contribution in [2.24, 2.45) is 0 Å². The third-order valence-electron chi connectivity index (χ3n) is 4.16. The van der Waals surface area contributed by atoms with Crippen LogP contribution >= 0.6 is 11.6 Å². The lowest BCUT2D eigenvalue weighted by Crippen LogP contribution is -2.52. The molecule has 11 heteroatoms. The number of rotatable bonds is 3. The molecule has 1 aromatic heterocycles. The highest BCUT2D eigenvalue weighted by Gasteiger charge is 2.45. The molecule has 0 saturated heterocycles. The van der Waals surface area contributed by atoms with Crippen LogP contribution in [0.15, 0.2) is 42.2 Å². The lowest BCUT2D eigenvalue weighted by Gasteiger charge is -2.37. The number of alkyl halides is 3. The number of anilines is 1. The van der Waals surface area contributed by atoms with E-state index >= 15 is 0 Å². The monoisotopic (exact) mass is 431 g/mol. The molecule has 0 radical (unpaired) electrons. The predicted octanol–water partition coefficient (Wildman–Crippen LogP) is 4.61. The van der Waals surface area contributed by atoms with E-state index in [4.69, 9.17) is 16.3 Å². The summed E-state index contributed by atoms with van der Waals surface area (Å²) in [6, 6.07) is 3.75. The molecule has 6 nitrogen and oxygen atoms in total. The number of hydrogen-bond donors (Lipinski definition) is 1. The smallest absolute Gasteiger partial charge is 0.431 e. The maximum absolute atomic E-state index is 14.5. The van der Waals surface area contributed by atoms with Gasteiger partial charge >= 0.3 is 12.2 Å². The molecule has 1 atom stereocenters. The summed E-state index contributed by atoms with van der Waals surface area (Å²) in [5.74, 6) is -0.809. The number of aliphatic hydroxyl groups excluding tert-OH is 1. The van der Waals surface area contributed by atoms with Crippen molar-refractivity contribution in [3.05, 3.63) is 58.8 Å². The number of amides is 2. The van der Waals surface area contributed by atoms with Crippen LogP contribution in [0.4, 0.5) is 28.0 Å². The maximum Gasteiger partial charge on any atom is 0.431 e. The lowest BCUT2D eigenvalue weighted by atomic mass is 10.2. The number of halogens is 5. The molecule has 0 bridgehead atoms. The molecular formula is C18H14ClF4N3O3. The van der Waals surface area contributed by atoms with Gasteiger partial charge in [-0.2, -0.15) is 13.2 Å². The molecule has 0 aliphatic carbocycles. The van der Waals surface area contributed by atoms with Crippen LogP contribution in [-0.2, 0) is 0 Å². The van der Waals surface area contributed by atoms with Crippen molar-refractivity contribution in [3.63, 3.8) is 0 Å². The SMILES string of the molecule is Cc1ncccc1Oc1cc(N2C(=O)N(C)C(C(F)(F)F)=CC2O)c(F)cc1Cl. The zero-order valence-electron chi connectivity index (χ0n) is 15.0. The Hall–Kier alpha value is -2.85. The Bertz CT molecular complexity index is 997. The minimum atomic E-state index is -4.87. The molecule has 0 spiro atoms. The summed E-state index contributed by atoms with van der Waals surface area (Å²) in [6.07, 6.45) is -4.99. The summed E-state index contributed by atoms with van der Waals surface area (Å²) in [4.78, 5) is 17.2. The standard InChI is InChI=1S/C18H14ClF4N3O3/c1-9-13(4-3-5-24-9)29-14-7-12(11(20)6-10(14)19)26-16(27)8-15(18(21,22)23)25(2)17(26)28/h3-8,16,27H,1-2H3. The second kappa shape index (κ2) is 7.53. The lowest BCUT2D eigenvalue weighted by molar-refractivity contribution is -0.108. The Morgan fingerprint density at radius 1 is 1.28 bits per heavy atom. The number of allylic oxidation sites excluding steroid dienone is 1. The van der Waals surface area contributed by atoms with Gasteiger partial charge in [-0.3, -0.25) is 14.8 Å². The van der Waals surface area contributed by atoms with Crippen LogP contribution in [0.1, 0.15) is 5.69 Å². The molecule has 2 aromatic rings. The Morgan fingerprint density at radius 3 is 2.59 bits per heavy atom. The third-order valence-corrected chi connectivity index (χ3v) is 4.45. The van der Waals surface area contributed by atoms with Crippen molar-refractivity contribution in [1.82, 2.24) is 9.88 Å². The summed E-state index contributed by atoms with van der Waals surface area (Å²) in [6.45, 7) is 1.66. The number of pyridine rings is 1. The third kappa shape index (κ3) is 3.99. The molecule has 154 valence electrons. The molecule has 1 N–H and O–H groups in total. The summed E-state index contributed by atoms with van der Waals surface area (Å²) in [7, 11) is 0.866. The van der Waals surface area contributed by atoms with E-state index in [9.17, 15) is 27.5 Å². The number of urea groups is 1. The van der Waals surface area contributed by atoms with Crippen LogP contribution in [0.25, 0.3) is 0 Å². The van der Waals surface area contributed by atoms with Crippen molar-refractivity contribution < 1.29 is 32.2 Å². The zero-order chi connectivity index (χ0) is 21.5. The molecule has 2 amide bonds. The predicted molar refractivity (Wildman–Crippen MR) is 96.2 cm³/mol. The van der Waals surface area contributed by atoms with E-state index in [1.165, 1.54) is 6.20 Å². The number of aryl methyl sites for hydroxylation is 1. The van der Waals surface area contributed by atoms with E-state index in [-0.39, 0.29) is 15.7 Å². The highest BCUT2D eigenvalue weighted by Crippen LogP contribution is 2.39. The molecule has 2 heterocycles. The Labute approximate surface area is 167 Å². The molecule has 1 aliphatic rings.